The molecule has 0 fully saturated rings. The minimum absolute atomic E-state index is 0.0763. The predicted octanol–water partition coefficient (Wildman–Crippen LogP) is 0.528. The Morgan fingerprint density at radius 2 is 1.71 bits per heavy atom. The SMILES string of the molecule is CC(N)(CO)COCCOC(C)(C)C. The van der Waals surface area contributed by atoms with Crippen molar-refractivity contribution in [3.8, 4) is 0 Å². The first-order valence-electron chi connectivity index (χ1n) is 4.88. The molecule has 0 aromatic rings. The monoisotopic (exact) mass is 205 g/mol. The average Bonchev–Trinajstić information content (AvgIpc) is 2.01. The van der Waals surface area contributed by atoms with Crippen LogP contribution in [0.1, 0.15) is 27.7 Å². The summed E-state index contributed by atoms with van der Waals surface area (Å²) in [5.41, 5.74) is 4.88. The molecule has 1 unspecified atom stereocenters. The van der Waals surface area contributed by atoms with E-state index in [1.807, 2.05) is 20.8 Å². The first-order chi connectivity index (χ1) is 6.27. The van der Waals surface area contributed by atoms with Crippen LogP contribution in [-0.2, 0) is 9.47 Å². The molecule has 86 valence electrons. The van der Waals surface area contributed by atoms with Gasteiger partial charge in [-0.15, -0.1) is 0 Å². The summed E-state index contributed by atoms with van der Waals surface area (Å²) in [5, 5.41) is 8.84. The van der Waals surface area contributed by atoms with Gasteiger partial charge in [-0.1, -0.05) is 0 Å². The highest BCUT2D eigenvalue weighted by molar-refractivity contribution is 4.76. The van der Waals surface area contributed by atoms with Crippen molar-refractivity contribution in [3.63, 3.8) is 0 Å². The first kappa shape index (κ1) is 13.8. The second-order valence-electron chi connectivity index (χ2n) is 4.83. The van der Waals surface area contributed by atoms with E-state index in [2.05, 4.69) is 0 Å². The Labute approximate surface area is 86.4 Å². The average molecular weight is 205 g/mol. The summed E-state index contributed by atoms with van der Waals surface area (Å²) < 4.78 is 10.7. The molecule has 14 heavy (non-hydrogen) atoms. The van der Waals surface area contributed by atoms with Gasteiger partial charge in [0.25, 0.3) is 0 Å². The van der Waals surface area contributed by atoms with Gasteiger partial charge in [0.1, 0.15) is 0 Å². The van der Waals surface area contributed by atoms with Crippen LogP contribution in [0.3, 0.4) is 0 Å². The van der Waals surface area contributed by atoms with Crippen molar-refractivity contribution in [2.45, 2.75) is 38.8 Å². The zero-order valence-corrected chi connectivity index (χ0v) is 9.67. The van der Waals surface area contributed by atoms with Crippen LogP contribution in [0.5, 0.6) is 0 Å². The lowest BCUT2D eigenvalue weighted by Gasteiger charge is -2.23. The lowest BCUT2D eigenvalue weighted by molar-refractivity contribution is -0.0429. The van der Waals surface area contributed by atoms with Gasteiger partial charge in [0.2, 0.25) is 0 Å². The zero-order chi connectivity index (χ0) is 11.2. The Hall–Kier alpha value is -0.160. The molecule has 0 aliphatic carbocycles. The Morgan fingerprint density at radius 1 is 1.14 bits per heavy atom. The van der Waals surface area contributed by atoms with Crippen molar-refractivity contribution < 1.29 is 14.6 Å². The molecule has 0 amide bonds. The zero-order valence-electron chi connectivity index (χ0n) is 9.67. The van der Waals surface area contributed by atoms with Gasteiger partial charge in [0.05, 0.1) is 37.6 Å². The fraction of sp³-hybridized carbons (Fsp3) is 1.00. The van der Waals surface area contributed by atoms with E-state index in [1.54, 1.807) is 6.92 Å². The van der Waals surface area contributed by atoms with Gasteiger partial charge in [-0.2, -0.15) is 0 Å². The fourth-order valence-electron chi connectivity index (χ4n) is 0.758. The summed E-state index contributed by atoms with van der Waals surface area (Å²) in [6, 6.07) is 0. The third-order valence-corrected chi connectivity index (χ3v) is 1.56. The quantitative estimate of drug-likeness (QED) is 0.621. The van der Waals surface area contributed by atoms with Gasteiger partial charge in [-0.25, -0.2) is 0 Å². The third kappa shape index (κ3) is 8.44. The van der Waals surface area contributed by atoms with Gasteiger partial charge < -0.3 is 20.3 Å². The maximum absolute atomic E-state index is 8.84. The number of nitrogens with two attached hydrogens (primary N) is 1. The van der Waals surface area contributed by atoms with Crippen molar-refractivity contribution in [3.05, 3.63) is 0 Å². The number of hydrogen-bond donors (Lipinski definition) is 2. The summed E-state index contributed by atoms with van der Waals surface area (Å²) in [6.07, 6.45) is 0. The summed E-state index contributed by atoms with van der Waals surface area (Å²) in [6.45, 7) is 9.05. The van der Waals surface area contributed by atoms with Crippen molar-refractivity contribution in [1.29, 1.82) is 0 Å². The maximum Gasteiger partial charge on any atom is 0.0707 e. The minimum atomic E-state index is -0.651. The lowest BCUT2D eigenvalue weighted by Crippen LogP contribution is -2.45. The second kappa shape index (κ2) is 5.66. The third-order valence-electron chi connectivity index (χ3n) is 1.56. The van der Waals surface area contributed by atoms with Gasteiger partial charge in [0, 0.05) is 0 Å². The Morgan fingerprint density at radius 3 is 2.14 bits per heavy atom. The lowest BCUT2D eigenvalue weighted by atomic mass is 10.1. The molecule has 0 bridgehead atoms. The molecule has 4 heteroatoms. The summed E-state index contributed by atoms with van der Waals surface area (Å²) in [7, 11) is 0. The number of aliphatic hydroxyl groups is 1. The van der Waals surface area contributed by atoms with Crippen molar-refractivity contribution in [1.82, 2.24) is 0 Å². The molecule has 0 aliphatic rings. The normalized spacial score (nSPS) is 16.7. The summed E-state index contributed by atoms with van der Waals surface area (Å²) >= 11 is 0. The Bertz CT molecular complexity index is 152. The van der Waals surface area contributed by atoms with Gasteiger partial charge in [-0.05, 0) is 27.7 Å². The molecule has 4 nitrogen and oxygen atoms in total. The molecule has 3 N–H and O–H groups in total. The number of aliphatic hydroxyl groups excluding tert-OH is 1. The number of hydrogen-bond acceptors (Lipinski definition) is 4. The van der Waals surface area contributed by atoms with Crippen molar-refractivity contribution in [2.24, 2.45) is 5.73 Å². The molecule has 0 saturated heterocycles. The molecule has 0 rings (SSSR count). The van der Waals surface area contributed by atoms with Crippen LogP contribution in [0.2, 0.25) is 0 Å². The first-order valence-corrected chi connectivity index (χ1v) is 4.88. The standard InChI is InChI=1S/C10H23NO3/c1-9(2,3)14-6-5-13-8-10(4,11)7-12/h12H,5-8,11H2,1-4H3. The van der Waals surface area contributed by atoms with E-state index in [-0.39, 0.29) is 12.2 Å². The van der Waals surface area contributed by atoms with E-state index in [4.69, 9.17) is 20.3 Å². The fourth-order valence-corrected chi connectivity index (χ4v) is 0.758. The molecule has 0 saturated carbocycles. The minimum Gasteiger partial charge on any atom is -0.394 e. The summed E-state index contributed by atoms with van der Waals surface area (Å²) in [4.78, 5) is 0. The van der Waals surface area contributed by atoms with Crippen molar-refractivity contribution in [2.75, 3.05) is 26.4 Å². The Balaban J connectivity index is 3.39. The highest BCUT2D eigenvalue weighted by Gasteiger charge is 2.17. The molecule has 0 aromatic heterocycles. The molecule has 0 aromatic carbocycles. The van der Waals surface area contributed by atoms with E-state index < -0.39 is 5.54 Å². The van der Waals surface area contributed by atoms with Crippen LogP contribution in [0.4, 0.5) is 0 Å². The van der Waals surface area contributed by atoms with Crippen LogP contribution in [0.15, 0.2) is 0 Å². The van der Waals surface area contributed by atoms with E-state index in [9.17, 15) is 0 Å². The van der Waals surface area contributed by atoms with Crippen LogP contribution in [0, 0.1) is 0 Å². The number of rotatable bonds is 6. The largest absolute Gasteiger partial charge is 0.394 e. The van der Waals surface area contributed by atoms with Crippen LogP contribution >= 0.6 is 0 Å². The molecule has 0 aliphatic heterocycles. The van der Waals surface area contributed by atoms with Crippen LogP contribution in [-0.4, -0.2) is 42.7 Å². The van der Waals surface area contributed by atoms with E-state index in [1.165, 1.54) is 0 Å². The Kier molecular flexibility index (Phi) is 5.59. The number of ether oxygens (including phenoxy) is 2. The molecule has 0 heterocycles. The topological polar surface area (TPSA) is 64.7 Å². The molecular weight excluding hydrogens is 182 g/mol. The molecule has 1 atom stereocenters. The van der Waals surface area contributed by atoms with Gasteiger partial charge in [0.15, 0.2) is 0 Å². The molecular formula is C10H23NO3. The molecule has 0 radical (unpaired) electrons. The van der Waals surface area contributed by atoms with E-state index in [0.29, 0.717) is 19.8 Å². The smallest absolute Gasteiger partial charge is 0.0707 e. The highest BCUT2D eigenvalue weighted by Crippen LogP contribution is 2.06. The van der Waals surface area contributed by atoms with Crippen molar-refractivity contribution >= 4 is 0 Å². The summed E-state index contributed by atoms with van der Waals surface area (Å²) in [5.74, 6) is 0. The van der Waals surface area contributed by atoms with E-state index in [0.717, 1.165) is 0 Å². The van der Waals surface area contributed by atoms with Gasteiger partial charge in [-0.3, -0.25) is 0 Å². The van der Waals surface area contributed by atoms with E-state index >= 15 is 0 Å². The van der Waals surface area contributed by atoms with Gasteiger partial charge >= 0.3 is 0 Å². The maximum atomic E-state index is 8.84. The van der Waals surface area contributed by atoms with Crippen LogP contribution in [0.25, 0.3) is 0 Å². The second-order valence-corrected chi connectivity index (χ2v) is 4.83. The van der Waals surface area contributed by atoms with Crippen LogP contribution < -0.4 is 5.73 Å². The highest BCUT2D eigenvalue weighted by atomic mass is 16.5. The predicted molar refractivity (Wildman–Crippen MR) is 56.2 cm³/mol. The molecule has 0 spiro atoms.